The van der Waals surface area contributed by atoms with Gasteiger partial charge in [-0.15, -0.1) is 0 Å². The lowest BCUT2D eigenvalue weighted by molar-refractivity contribution is 0.640. The quantitative estimate of drug-likeness (QED) is 0.864. The van der Waals surface area contributed by atoms with Crippen molar-refractivity contribution in [3.8, 4) is 0 Å². The summed E-state index contributed by atoms with van der Waals surface area (Å²) in [5.41, 5.74) is 6.43. The van der Waals surface area contributed by atoms with Gasteiger partial charge in [0.25, 0.3) is 0 Å². The molecule has 0 aliphatic heterocycles. The van der Waals surface area contributed by atoms with Crippen LogP contribution in [0.5, 0.6) is 0 Å². The molecule has 2 nitrogen and oxygen atoms in total. The summed E-state index contributed by atoms with van der Waals surface area (Å²) >= 11 is 5.98. The summed E-state index contributed by atoms with van der Waals surface area (Å²) < 4.78 is 11.7. The van der Waals surface area contributed by atoms with E-state index in [4.69, 9.17) is 17.3 Å². The summed E-state index contributed by atoms with van der Waals surface area (Å²) in [7, 11) is -0.876. The van der Waals surface area contributed by atoms with Crippen LogP contribution in [-0.2, 0) is 16.6 Å². The Labute approximate surface area is 98.3 Å². The molecule has 2 unspecified atom stereocenters. The maximum Gasteiger partial charge on any atom is 0.0500 e. The van der Waals surface area contributed by atoms with Crippen LogP contribution in [-0.4, -0.2) is 16.5 Å². The molecule has 0 aliphatic rings. The van der Waals surface area contributed by atoms with Gasteiger partial charge in [0.2, 0.25) is 0 Å². The minimum Gasteiger partial charge on any atom is -0.330 e. The van der Waals surface area contributed by atoms with Crippen molar-refractivity contribution < 1.29 is 4.21 Å². The Morgan fingerprint density at radius 2 is 2.13 bits per heavy atom. The second-order valence-corrected chi connectivity index (χ2v) is 5.59. The lowest BCUT2D eigenvalue weighted by atomic mass is 10.2. The van der Waals surface area contributed by atoms with Gasteiger partial charge in [-0.2, -0.15) is 0 Å². The highest BCUT2D eigenvalue weighted by Gasteiger charge is 2.08. The third kappa shape index (κ3) is 4.33. The number of hydrogen-bond acceptors (Lipinski definition) is 2. The molecule has 0 aliphatic carbocycles. The van der Waals surface area contributed by atoms with E-state index in [-0.39, 0.29) is 0 Å². The Balaban J connectivity index is 2.55. The van der Waals surface area contributed by atoms with Crippen LogP contribution in [0.3, 0.4) is 0 Å². The molecule has 0 fully saturated rings. The van der Waals surface area contributed by atoms with Crippen molar-refractivity contribution in [3.05, 3.63) is 34.9 Å². The van der Waals surface area contributed by atoms with Crippen LogP contribution in [0.1, 0.15) is 12.5 Å². The zero-order chi connectivity index (χ0) is 11.3. The molecule has 2 N–H and O–H groups in total. The second-order valence-electron chi connectivity index (χ2n) is 3.68. The Kier molecular flexibility index (Phi) is 5.29. The molecule has 84 valence electrons. The number of hydrogen-bond donors (Lipinski definition) is 1. The van der Waals surface area contributed by atoms with Crippen molar-refractivity contribution in [2.75, 3.05) is 12.3 Å². The molecule has 2 atom stereocenters. The van der Waals surface area contributed by atoms with Gasteiger partial charge < -0.3 is 5.73 Å². The van der Waals surface area contributed by atoms with E-state index in [1.807, 2.05) is 31.2 Å². The third-order valence-electron chi connectivity index (χ3n) is 2.15. The maximum absolute atomic E-state index is 11.7. The number of rotatable bonds is 5. The van der Waals surface area contributed by atoms with E-state index < -0.39 is 10.8 Å². The lowest BCUT2D eigenvalue weighted by Gasteiger charge is -2.08. The van der Waals surface area contributed by atoms with E-state index >= 15 is 0 Å². The molecular formula is C11H16ClNOS. The summed E-state index contributed by atoms with van der Waals surface area (Å²) in [5.74, 6) is 1.46. The van der Waals surface area contributed by atoms with Crippen molar-refractivity contribution in [2.24, 2.45) is 11.7 Å². The predicted octanol–water partition coefficient (Wildman–Crippen LogP) is 2.18. The molecule has 0 radical (unpaired) electrons. The van der Waals surface area contributed by atoms with E-state index in [2.05, 4.69) is 0 Å². The molecular weight excluding hydrogens is 230 g/mol. The van der Waals surface area contributed by atoms with Crippen LogP contribution in [0, 0.1) is 5.92 Å². The van der Waals surface area contributed by atoms with Gasteiger partial charge >= 0.3 is 0 Å². The van der Waals surface area contributed by atoms with Gasteiger partial charge in [0, 0.05) is 21.6 Å². The van der Waals surface area contributed by atoms with Crippen LogP contribution in [0.4, 0.5) is 0 Å². The van der Waals surface area contributed by atoms with Crippen LogP contribution < -0.4 is 5.73 Å². The monoisotopic (exact) mass is 245 g/mol. The van der Waals surface area contributed by atoms with Crippen LogP contribution in [0.25, 0.3) is 0 Å². The van der Waals surface area contributed by atoms with E-state index in [1.165, 1.54) is 0 Å². The second kappa shape index (κ2) is 6.26. The molecule has 15 heavy (non-hydrogen) atoms. The predicted molar refractivity (Wildman–Crippen MR) is 66.4 cm³/mol. The third-order valence-corrected chi connectivity index (χ3v) is 4.09. The molecule has 1 aromatic carbocycles. The molecule has 1 rings (SSSR count). The summed E-state index contributed by atoms with van der Waals surface area (Å²) in [5, 5.41) is 0.686. The van der Waals surface area contributed by atoms with E-state index in [0.717, 1.165) is 5.56 Å². The average molecular weight is 246 g/mol. The minimum absolute atomic E-state index is 0.299. The van der Waals surface area contributed by atoms with Crippen LogP contribution >= 0.6 is 11.6 Å². The number of benzene rings is 1. The smallest absolute Gasteiger partial charge is 0.0500 e. The van der Waals surface area contributed by atoms with E-state index in [1.54, 1.807) is 0 Å². The van der Waals surface area contributed by atoms with Crippen molar-refractivity contribution in [2.45, 2.75) is 12.7 Å². The molecule has 1 aromatic rings. The average Bonchev–Trinajstić information content (AvgIpc) is 2.21. The van der Waals surface area contributed by atoms with Crippen molar-refractivity contribution >= 4 is 22.4 Å². The Hall–Kier alpha value is -0.380. The molecule has 0 amide bonds. The Morgan fingerprint density at radius 3 is 2.73 bits per heavy atom. The fourth-order valence-electron chi connectivity index (χ4n) is 1.23. The zero-order valence-corrected chi connectivity index (χ0v) is 10.4. The van der Waals surface area contributed by atoms with Crippen molar-refractivity contribution in [3.63, 3.8) is 0 Å². The SMILES string of the molecule is CC(CN)CS(=O)Cc1ccccc1Cl. The van der Waals surface area contributed by atoms with Gasteiger partial charge in [-0.3, -0.25) is 4.21 Å². The van der Waals surface area contributed by atoms with Crippen molar-refractivity contribution in [1.82, 2.24) is 0 Å². The van der Waals surface area contributed by atoms with Gasteiger partial charge in [-0.1, -0.05) is 36.7 Å². The molecule has 0 heterocycles. The Morgan fingerprint density at radius 1 is 1.47 bits per heavy atom. The first-order chi connectivity index (χ1) is 7.13. The van der Waals surface area contributed by atoms with Crippen LogP contribution in [0.15, 0.2) is 24.3 Å². The first-order valence-corrected chi connectivity index (χ1v) is 6.78. The van der Waals surface area contributed by atoms with Gasteiger partial charge in [0.05, 0.1) is 5.75 Å². The normalized spacial score (nSPS) is 14.9. The molecule has 0 saturated carbocycles. The summed E-state index contributed by atoms with van der Waals surface area (Å²) in [6, 6.07) is 7.51. The first-order valence-electron chi connectivity index (χ1n) is 4.92. The fourth-order valence-corrected chi connectivity index (χ4v) is 3.00. The topological polar surface area (TPSA) is 43.1 Å². The highest BCUT2D eigenvalue weighted by molar-refractivity contribution is 7.84. The Bertz CT molecular complexity index is 343. The lowest BCUT2D eigenvalue weighted by Crippen LogP contribution is -2.18. The van der Waals surface area contributed by atoms with Gasteiger partial charge in [0.1, 0.15) is 0 Å². The van der Waals surface area contributed by atoms with Gasteiger partial charge in [0.15, 0.2) is 0 Å². The standard InChI is InChI=1S/C11H16ClNOS/c1-9(6-13)7-15(14)8-10-4-2-3-5-11(10)12/h2-5,9H,6-8,13H2,1H3. The summed E-state index contributed by atoms with van der Waals surface area (Å²) in [4.78, 5) is 0. The first kappa shape index (κ1) is 12.7. The molecule has 0 saturated heterocycles. The number of nitrogens with two attached hydrogens (primary N) is 1. The van der Waals surface area contributed by atoms with Crippen molar-refractivity contribution in [1.29, 1.82) is 0 Å². The maximum atomic E-state index is 11.7. The summed E-state index contributed by atoms with van der Waals surface area (Å²) in [6.07, 6.45) is 0. The van der Waals surface area contributed by atoms with Gasteiger partial charge in [-0.25, -0.2) is 0 Å². The molecule has 0 aromatic heterocycles. The van der Waals surface area contributed by atoms with Crippen LogP contribution in [0.2, 0.25) is 5.02 Å². The largest absolute Gasteiger partial charge is 0.330 e. The van der Waals surface area contributed by atoms with E-state index in [9.17, 15) is 4.21 Å². The molecule has 0 spiro atoms. The van der Waals surface area contributed by atoms with Gasteiger partial charge in [-0.05, 0) is 24.1 Å². The molecule has 0 bridgehead atoms. The fraction of sp³-hybridized carbons (Fsp3) is 0.455. The van der Waals surface area contributed by atoms with E-state index in [0.29, 0.717) is 29.0 Å². The highest BCUT2D eigenvalue weighted by atomic mass is 35.5. The number of halogens is 1. The molecule has 4 heteroatoms. The zero-order valence-electron chi connectivity index (χ0n) is 8.78. The highest BCUT2D eigenvalue weighted by Crippen LogP contribution is 2.17. The minimum atomic E-state index is -0.876. The summed E-state index contributed by atoms with van der Waals surface area (Å²) in [6.45, 7) is 2.58.